The number of hydrogen-bond donors (Lipinski definition) is 2. The van der Waals surface area contributed by atoms with E-state index in [1.165, 1.54) is 0 Å². The van der Waals surface area contributed by atoms with Crippen LogP contribution < -0.4 is 5.32 Å². The van der Waals surface area contributed by atoms with Gasteiger partial charge >= 0.3 is 6.03 Å². The molecule has 5 nitrogen and oxygen atoms in total. The fourth-order valence-corrected chi connectivity index (χ4v) is 3.37. The van der Waals surface area contributed by atoms with Crippen LogP contribution in [0.4, 0.5) is 4.79 Å². The first-order chi connectivity index (χ1) is 12.3. The molecule has 2 heterocycles. The second kappa shape index (κ2) is 8.62. The van der Waals surface area contributed by atoms with E-state index in [0.29, 0.717) is 13.0 Å². The smallest absolute Gasteiger partial charge is 0.317 e. The zero-order valence-electron chi connectivity index (χ0n) is 14.4. The first-order valence-corrected chi connectivity index (χ1v) is 8.93. The van der Waals surface area contributed by atoms with Gasteiger partial charge in [-0.1, -0.05) is 24.3 Å². The number of pyridine rings is 1. The van der Waals surface area contributed by atoms with Gasteiger partial charge in [-0.05, 0) is 49.4 Å². The molecule has 1 fully saturated rings. The van der Waals surface area contributed by atoms with Crippen molar-refractivity contribution < 1.29 is 9.90 Å². The highest BCUT2D eigenvalue weighted by atomic mass is 16.3. The lowest BCUT2D eigenvalue weighted by atomic mass is 10.00. The first kappa shape index (κ1) is 17.4. The lowest BCUT2D eigenvalue weighted by Crippen LogP contribution is -2.48. The zero-order chi connectivity index (χ0) is 17.5. The maximum absolute atomic E-state index is 12.5. The molecule has 2 amide bonds. The number of likely N-dealkylation sites (tertiary alicyclic amines) is 1. The van der Waals surface area contributed by atoms with Gasteiger partial charge in [-0.25, -0.2) is 4.79 Å². The summed E-state index contributed by atoms with van der Waals surface area (Å²) in [5.41, 5.74) is 3.02. The molecule has 0 spiro atoms. The summed E-state index contributed by atoms with van der Waals surface area (Å²) in [6, 6.07) is 14.0. The van der Waals surface area contributed by atoms with E-state index in [4.69, 9.17) is 0 Å². The molecule has 0 radical (unpaired) electrons. The minimum atomic E-state index is -0.0404. The Hall–Kier alpha value is -2.40. The molecular formula is C20H25N3O2. The number of aliphatic hydroxyl groups excluding tert-OH is 1. The van der Waals surface area contributed by atoms with Crippen molar-refractivity contribution in [3.63, 3.8) is 0 Å². The number of hydrogen-bond acceptors (Lipinski definition) is 3. The van der Waals surface area contributed by atoms with E-state index >= 15 is 0 Å². The fourth-order valence-electron chi connectivity index (χ4n) is 3.37. The number of piperidine rings is 1. The van der Waals surface area contributed by atoms with Crippen molar-refractivity contribution in [3.8, 4) is 11.3 Å². The molecule has 1 saturated heterocycles. The molecule has 2 N–H and O–H groups in total. The second-order valence-corrected chi connectivity index (χ2v) is 6.43. The van der Waals surface area contributed by atoms with E-state index in [2.05, 4.69) is 16.4 Å². The molecule has 1 aromatic carbocycles. The summed E-state index contributed by atoms with van der Waals surface area (Å²) >= 11 is 0. The van der Waals surface area contributed by atoms with Crippen LogP contribution >= 0.6 is 0 Å². The predicted molar refractivity (Wildman–Crippen MR) is 98.0 cm³/mol. The van der Waals surface area contributed by atoms with Gasteiger partial charge in [0.2, 0.25) is 0 Å². The monoisotopic (exact) mass is 339 g/mol. The Morgan fingerprint density at radius 3 is 2.96 bits per heavy atom. The minimum Gasteiger partial charge on any atom is -0.396 e. The average Bonchev–Trinajstić information content (AvgIpc) is 2.68. The van der Waals surface area contributed by atoms with Gasteiger partial charge < -0.3 is 15.3 Å². The lowest BCUT2D eigenvalue weighted by molar-refractivity contribution is 0.131. The normalized spacial score (nSPS) is 17.3. The molecule has 3 rings (SSSR count). The van der Waals surface area contributed by atoms with Crippen LogP contribution in [-0.2, 0) is 6.54 Å². The molecule has 0 aliphatic carbocycles. The quantitative estimate of drug-likeness (QED) is 0.879. The van der Waals surface area contributed by atoms with E-state index in [1.54, 1.807) is 6.20 Å². The van der Waals surface area contributed by atoms with Gasteiger partial charge in [0, 0.05) is 37.5 Å². The van der Waals surface area contributed by atoms with Crippen LogP contribution in [-0.4, -0.2) is 40.2 Å². The molecule has 5 heteroatoms. The van der Waals surface area contributed by atoms with E-state index < -0.39 is 0 Å². The number of rotatable bonds is 5. The molecule has 132 valence electrons. The Labute approximate surface area is 148 Å². The number of amides is 2. The highest BCUT2D eigenvalue weighted by Crippen LogP contribution is 2.20. The summed E-state index contributed by atoms with van der Waals surface area (Å²) in [5, 5.41) is 12.2. The molecule has 1 aliphatic heterocycles. The van der Waals surface area contributed by atoms with E-state index in [1.807, 2.05) is 41.3 Å². The number of carbonyl (C=O) groups is 1. The highest BCUT2D eigenvalue weighted by molar-refractivity contribution is 5.74. The van der Waals surface area contributed by atoms with Crippen molar-refractivity contribution in [3.05, 3.63) is 54.2 Å². The van der Waals surface area contributed by atoms with Gasteiger partial charge in [0.15, 0.2) is 0 Å². The van der Waals surface area contributed by atoms with Gasteiger partial charge in [0.25, 0.3) is 0 Å². The van der Waals surface area contributed by atoms with Crippen LogP contribution in [0, 0.1) is 0 Å². The Morgan fingerprint density at radius 1 is 1.24 bits per heavy atom. The molecule has 0 bridgehead atoms. The number of aromatic nitrogens is 1. The van der Waals surface area contributed by atoms with Crippen molar-refractivity contribution in [2.45, 2.75) is 38.3 Å². The number of carbonyl (C=O) groups excluding carboxylic acids is 1. The molecule has 1 aromatic heterocycles. The molecule has 1 atom stereocenters. The molecule has 1 aliphatic rings. The fraction of sp³-hybridized carbons (Fsp3) is 0.400. The van der Waals surface area contributed by atoms with Crippen LogP contribution in [0.2, 0.25) is 0 Å². The van der Waals surface area contributed by atoms with E-state index in [9.17, 15) is 9.90 Å². The SMILES string of the molecule is O=C(NCc1cccc(-c2ccccn2)c1)N1CCCCC1CCO. The number of nitrogens with zero attached hydrogens (tertiary/aromatic N) is 2. The van der Waals surface area contributed by atoms with Gasteiger partial charge in [-0.2, -0.15) is 0 Å². The lowest BCUT2D eigenvalue weighted by Gasteiger charge is -2.35. The molecule has 2 aromatic rings. The van der Waals surface area contributed by atoms with Gasteiger partial charge in [0.05, 0.1) is 5.69 Å². The average molecular weight is 339 g/mol. The van der Waals surface area contributed by atoms with Crippen LogP contribution in [0.3, 0.4) is 0 Å². The largest absolute Gasteiger partial charge is 0.396 e. The van der Waals surface area contributed by atoms with Crippen molar-refractivity contribution in [2.24, 2.45) is 0 Å². The van der Waals surface area contributed by atoms with Crippen molar-refractivity contribution in [2.75, 3.05) is 13.2 Å². The zero-order valence-corrected chi connectivity index (χ0v) is 14.4. The Bertz CT molecular complexity index is 688. The number of nitrogens with one attached hydrogen (secondary N) is 1. The van der Waals surface area contributed by atoms with Gasteiger partial charge in [-0.3, -0.25) is 4.98 Å². The van der Waals surface area contributed by atoms with Crippen LogP contribution in [0.1, 0.15) is 31.2 Å². The Kier molecular flexibility index (Phi) is 6.01. The maximum atomic E-state index is 12.5. The van der Waals surface area contributed by atoms with E-state index in [-0.39, 0.29) is 18.7 Å². The second-order valence-electron chi connectivity index (χ2n) is 6.43. The summed E-state index contributed by atoms with van der Waals surface area (Å²) in [7, 11) is 0. The third-order valence-electron chi connectivity index (χ3n) is 4.68. The predicted octanol–water partition coefficient (Wildman–Crippen LogP) is 3.20. The van der Waals surface area contributed by atoms with Gasteiger partial charge in [-0.15, -0.1) is 0 Å². The molecule has 25 heavy (non-hydrogen) atoms. The maximum Gasteiger partial charge on any atom is 0.317 e. The molecular weight excluding hydrogens is 314 g/mol. The third kappa shape index (κ3) is 4.57. The van der Waals surface area contributed by atoms with Crippen LogP contribution in [0.25, 0.3) is 11.3 Å². The van der Waals surface area contributed by atoms with Crippen molar-refractivity contribution >= 4 is 6.03 Å². The summed E-state index contributed by atoms with van der Waals surface area (Å²) in [6.45, 7) is 1.38. The number of aliphatic hydroxyl groups is 1. The van der Waals surface area contributed by atoms with Crippen LogP contribution in [0.5, 0.6) is 0 Å². The van der Waals surface area contributed by atoms with Crippen molar-refractivity contribution in [1.82, 2.24) is 15.2 Å². The molecule has 0 saturated carbocycles. The van der Waals surface area contributed by atoms with Crippen LogP contribution in [0.15, 0.2) is 48.7 Å². The summed E-state index contributed by atoms with van der Waals surface area (Å²) in [4.78, 5) is 18.8. The van der Waals surface area contributed by atoms with Gasteiger partial charge in [0.1, 0.15) is 0 Å². The first-order valence-electron chi connectivity index (χ1n) is 8.93. The molecule has 1 unspecified atom stereocenters. The Morgan fingerprint density at radius 2 is 2.16 bits per heavy atom. The number of urea groups is 1. The summed E-state index contributed by atoms with van der Waals surface area (Å²) < 4.78 is 0. The Balaban J connectivity index is 1.62. The standard InChI is InChI=1S/C20H25N3O2/c24-13-10-18-8-2-4-12-23(18)20(25)22-15-16-6-5-7-17(14-16)19-9-1-3-11-21-19/h1,3,5-7,9,11,14,18,24H,2,4,8,10,12-13,15H2,(H,22,25). The van der Waals surface area contributed by atoms with Crippen molar-refractivity contribution in [1.29, 1.82) is 0 Å². The third-order valence-corrected chi connectivity index (χ3v) is 4.68. The minimum absolute atomic E-state index is 0.0404. The highest BCUT2D eigenvalue weighted by Gasteiger charge is 2.25. The van der Waals surface area contributed by atoms with E-state index in [0.717, 1.165) is 42.6 Å². The topological polar surface area (TPSA) is 65.5 Å². The summed E-state index contributed by atoms with van der Waals surface area (Å²) in [6.07, 6.45) is 5.57. The summed E-state index contributed by atoms with van der Waals surface area (Å²) in [5.74, 6) is 0. The number of benzene rings is 1.